The Kier molecular flexibility index (Phi) is 6.70. The van der Waals surface area contributed by atoms with E-state index in [2.05, 4.69) is 10.3 Å². The Morgan fingerprint density at radius 3 is 2.39 bits per heavy atom. The van der Waals surface area contributed by atoms with Gasteiger partial charge in [0.15, 0.2) is 17.9 Å². The number of methoxy groups -OCH3 is 1. The summed E-state index contributed by atoms with van der Waals surface area (Å²) in [7, 11) is 1.51. The van der Waals surface area contributed by atoms with Gasteiger partial charge in [0.25, 0.3) is 5.91 Å². The van der Waals surface area contributed by atoms with Crippen LogP contribution in [0.2, 0.25) is 15.1 Å². The highest BCUT2D eigenvalue weighted by atomic mass is 35.5. The molecular weight excluding hydrogens is 487 g/mol. The molecule has 1 amide bonds. The Morgan fingerprint density at radius 1 is 1.03 bits per heavy atom. The minimum atomic E-state index is -0.430. The lowest BCUT2D eigenvalue weighted by Gasteiger charge is -2.16. The fourth-order valence-corrected chi connectivity index (χ4v) is 4.12. The van der Waals surface area contributed by atoms with Gasteiger partial charge in [-0.3, -0.25) is 4.79 Å². The van der Waals surface area contributed by atoms with Crippen molar-refractivity contribution >= 4 is 57.5 Å². The lowest BCUT2D eigenvalue weighted by Crippen LogP contribution is -2.21. The second-order valence-electron chi connectivity index (χ2n) is 7.26. The smallest absolute Gasteiger partial charge is 0.262 e. The van der Waals surface area contributed by atoms with Crippen molar-refractivity contribution in [1.82, 2.24) is 4.98 Å². The number of rotatable bonds is 6. The number of carbonyl (C=O) groups is 1. The number of hydrogen-bond donors (Lipinski definition) is 1. The van der Waals surface area contributed by atoms with Crippen molar-refractivity contribution in [1.29, 1.82) is 0 Å². The van der Waals surface area contributed by atoms with Crippen LogP contribution in [-0.2, 0) is 4.79 Å². The van der Waals surface area contributed by atoms with Gasteiger partial charge >= 0.3 is 0 Å². The van der Waals surface area contributed by atoms with Crippen LogP contribution in [0.5, 0.6) is 11.5 Å². The summed E-state index contributed by atoms with van der Waals surface area (Å²) in [5, 5.41) is 3.77. The molecule has 0 aliphatic carbocycles. The van der Waals surface area contributed by atoms with E-state index in [9.17, 15) is 4.79 Å². The van der Waals surface area contributed by atoms with Crippen LogP contribution >= 0.6 is 34.8 Å². The fourth-order valence-electron chi connectivity index (χ4n) is 3.30. The fraction of sp³-hybridized carbons (Fsp3) is 0.167. The Bertz CT molecular complexity index is 1310. The van der Waals surface area contributed by atoms with Crippen LogP contribution in [0.15, 0.2) is 46.9 Å². The van der Waals surface area contributed by atoms with Crippen molar-refractivity contribution in [2.75, 3.05) is 19.0 Å². The molecule has 1 heterocycles. The van der Waals surface area contributed by atoms with Gasteiger partial charge < -0.3 is 19.2 Å². The van der Waals surface area contributed by atoms with E-state index in [1.54, 1.807) is 32.0 Å². The van der Waals surface area contributed by atoms with Crippen molar-refractivity contribution in [3.05, 3.63) is 68.7 Å². The number of fused-ring (bicyclic) bond motifs is 1. The lowest BCUT2D eigenvalue weighted by molar-refractivity contribution is -0.118. The van der Waals surface area contributed by atoms with E-state index in [1.807, 2.05) is 24.3 Å². The van der Waals surface area contributed by atoms with Gasteiger partial charge in [-0.15, -0.1) is 0 Å². The summed E-state index contributed by atoms with van der Waals surface area (Å²) in [4.78, 5) is 17.2. The quantitative estimate of drug-likeness (QED) is 0.302. The minimum absolute atomic E-state index is 0.208. The van der Waals surface area contributed by atoms with Crippen LogP contribution in [0.1, 0.15) is 11.1 Å². The van der Waals surface area contributed by atoms with Crippen molar-refractivity contribution < 1.29 is 18.7 Å². The first kappa shape index (κ1) is 23.2. The average molecular weight is 506 g/mol. The Balaban J connectivity index is 1.55. The number of nitrogens with one attached hydrogen (secondary N) is 1. The van der Waals surface area contributed by atoms with E-state index in [0.29, 0.717) is 44.6 Å². The van der Waals surface area contributed by atoms with Crippen molar-refractivity contribution in [3.63, 3.8) is 0 Å². The van der Waals surface area contributed by atoms with E-state index in [0.717, 1.165) is 5.52 Å². The monoisotopic (exact) mass is 504 g/mol. The summed E-state index contributed by atoms with van der Waals surface area (Å²) >= 11 is 18.9. The standard InChI is InChI=1S/C24H19Cl3N2O4/c1-12-20(25)13(2)22(27)23(21(12)26)32-11-19(30)28-16-10-14(8-9-17(16)31-3)24-29-15-6-4-5-7-18(15)33-24/h4-10H,11H2,1-3H3,(H,28,30). The van der Waals surface area contributed by atoms with Crippen LogP contribution in [0.4, 0.5) is 5.69 Å². The first-order chi connectivity index (χ1) is 15.8. The Hall–Kier alpha value is -2.93. The first-order valence-electron chi connectivity index (χ1n) is 9.90. The highest BCUT2D eigenvalue weighted by Crippen LogP contribution is 2.42. The van der Waals surface area contributed by atoms with Gasteiger partial charge in [0.2, 0.25) is 5.89 Å². The molecule has 0 aliphatic heterocycles. The number of anilines is 1. The second kappa shape index (κ2) is 9.51. The molecule has 0 saturated carbocycles. The highest BCUT2D eigenvalue weighted by Gasteiger charge is 2.19. The molecule has 0 atom stereocenters. The zero-order chi connectivity index (χ0) is 23.7. The molecule has 0 aliphatic rings. The van der Waals surface area contributed by atoms with Crippen molar-refractivity contribution in [2.45, 2.75) is 13.8 Å². The molecule has 33 heavy (non-hydrogen) atoms. The van der Waals surface area contributed by atoms with Crippen molar-refractivity contribution in [2.24, 2.45) is 0 Å². The molecule has 170 valence electrons. The number of ether oxygens (including phenoxy) is 2. The maximum atomic E-state index is 12.7. The molecule has 3 aromatic carbocycles. The first-order valence-corrected chi connectivity index (χ1v) is 11.0. The van der Waals surface area contributed by atoms with Gasteiger partial charge in [-0.1, -0.05) is 46.9 Å². The molecule has 0 unspecified atom stereocenters. The average Bonchev–Trinajstić information content (AvgIpc) is 3.26. The molecule has 1 aromatic heterocycles. The third kappa shape index (κ3) is 4.60. The van der Waals surface area contributed by atoms with Gasteiger partial charge in [0, 0.05) is 10.6 Å². The highest BCUT2D eigenvalue weighted by molar-refractivity contribution is 6.42. The largest absolute Gasteiger partial charge is 0.495 e. The molecular formula is C24H19Cl3N2O4. The topological polar surface area (TPSA) is 73.6 Å². The number of oxazole rings is 1. The van der Waals surface area contributed by atoms with Crippen LogP contribution < -0.4 is 14.8 Å². The second-order valence-corrected chi connectivity index (χ2v) is 8.39. The predicted octanol–water partition coefficient (Wildman–Crippen LogP) is 7.10. The molecule has 9 heteroatoms. The minimum Gasteiger partial charge on any atom is -0.495 e. The zero-order valence-electron chi connectivity index (χ0n) is 18.0. The van der Waals surface area contributed by atoms with Gasteiger partial charge in [0.05, 0.1) is 22.8 Å². The molecule has 0 bridgehead atoms. The lowest BCUT2D eigenvalue weighted by atomic mass is 10.1. The molecule has 0 spiro atoms. The number of hydrogen-bond acceptors (Lipinski definition) is 5. The number of aromatic nitrogens is 1. The summed E-state index contributed by atoms with van der Waals surface area (Å²) < 4.78 is 16.8. The third-order valence-electron chi connectivity index (χ3n) is 5.08. The molecule has 6 nitrogen and oxygen atoms in total. The molecule has 0 fully saturated rings. The van der Waals surface area contributed by atoms with Crippen molar-refractivity contribution in [3.8, 4) is 23.0 Å². The maximum absolute atomic E-state index is 12.7. The summed E-state index contributed by atoms with van der Waals surface area (Å²) in [6.07, 6.45) is 0. The summed E-state index contributed by atoms with van der Waals surface area (Å²) in [5.41, 5.74) is 3.78. The van der Waals surface area contributed by atoms with E-state index in [-0.39, 0.29) is 22.4 Å². The van der Waals surface area contributed by atoms with Gasteiger partial charge in [-0.05, 0) is 55.3 Å². The van der Waals surface area contributed by atoms with Crippen LogP contribution in [0, 0.1) is 13.8 Å². The van der Waals surface area contributed by atoms with E-state index in [1.165, 1.54) is 7.11 Å². The number of para-hydroxylation sites is 2. The predicted molar refractivity (Wildman–Crippen MR) is 131 cm³/mol. The zero-order valence-corrected chi connectivity index (χ0v) is 20.2. The van der Waals surface area contributed by atoms with Crippen LogP contribution in [-0.4, -0.2) is 24.6 Å². The summed E-state index contributed by atoms with van der Waals surface area (Å²) in [6, 6.07) is 12.7. The van der Waals surface area contributed by atoms with Crippen LogP contribution in [0.3, 0.4) is 0 Å². The maximum Gasteiger partial charge on any atom is 0.262 e. The molecule has 0 radical (unpaired) electrons. The van der Waals surface area contributed by atoms with Gasteiger partial charge in [0.1, 0.15) is 11.3 Å². The van der Waals surface area contributed by atoms with E-state index in [4.69, 9.17) is 48.7 Å². The molecule has 4 rings (SSSR count). The molecule has 0 saturated heterocycles. The number of carbonyl (C=O) groups excluding carboxylic acids is 1. The summed E-state index contributed by atoms with van der Waals surface area (Å²) in [6.45, 7) is 3.18. The van der Waals surface area contributed by atoms with E-state index < -0.39 is 5.91 Å². The number of amides is 1. The normalized spacial score (nSPS) is 11.0. The Labute approximate surface area is 205 Å². The van der Waals surface area contributed by atoms with Crippen LogP contribution in [0.25, 0.3) is 22.6 Å². The van der Waals surface area contributed by atoms with E-state index >= 15 is 0 Å². The molecule has 4 aromatic rings. The number of nitrogens with zero attached hydrogens (tertiary/aromatic N) is 1. The third-order valence-corrected chi connectivity index (χ3v) is 6.55. The summed E-state index contributed by atoms with van der Waals surface area (Å²) in [5.74, 6) is 0.675. The van der Waals surface area contributed by atoms with Gasteiger partial charge in [-0.25, -0.2) is 4.98 Å². The Morgan fingerprint density at radius 2 is 1.73 bits per heavy atom. The molecule has 1 N–H and O–H groups in total. The SMILES string of the molecule is COc1ccc(-c2nc3ccccc3o2)cc1NC(=O)COc1c(Cl)c(C)c(Cl)c(C)c1Cl. The van der Waals surface area contributed by atoms with Gasteiger partial charge in [-0.2, -0.15) is 0 Å². The number of halogens is 3. The number of benzene rings is 3.